The van der Waals surface area contributed by atoms with E-state index in [1.54, 1.807) is 18.0 Å². The van der Waals surface area contributed by atoms with Crippen LogP contribution in [0.2, 0.25) is 0 Å². The standard InChI is InChI=1S/C14H23N3O2/c1-10(2)17-14(13(19-3)9-16-17)12(18)7-11-5-4-6-15-8-11/h9-11,15H,4-8H2,1-3H3. The molecule has 1 aromatic rings. The Morgan fingerprint density at radius 1 is 1.63 bits per heavy atom. The molecular weight excluding hydrogens is 242 g/mol. The second-order valence-electron chi connectivity index (χ2n) is 5.44. The average Bonchev–Trinajstić information content (AvgIpc) is 2.83. The first-order valence-corrected chi connectivity index (χ1v) is 6.99. The maximum Gasteiger partial charge on any atom is 0.185 e. The number of carbonyl (C=O) groups excluding carboxylic acids is 1. The molecule has 0 bridgehead atoms. The number of hydrogen-bond donors (Lipinski definition) is 1. The number of Topliss-reactive ketones (excluding diaryl/α,β-unsaturated/α-hetero) is 1. The Labute approximate surface area is 114 Å². The highest BCUT2D eigenvalue weighted by molar-refractivity contribution is 5.97. The highest BCUT2D eigenvalue weighted by atomic mass is 16.5. The number of piperidine rings is 1. The Balaban J connectivity index is 2.14. The highest BCUT2D eigenvalue weighted by Crippen LogP contribution is 2.25. The van der Waals surface area contributed by atoms with Gasteiger partial charge in [-0.05, 0) is 45.7 Å². The van der Waals surface area contributed by atoms with Crippen molar-refractivity contribution in [2.45, 2.75) is 39.2 Å². The van der Waals surface area contributed by atoms with E-state index in [2.05, 4.69) is 10.4 Å². The van der Waals surface area contributed by atoms with Gasteiger partial charge in [-0.3, -0.25) is 9.48 Å². The van der Waals surface area contributed by atoms with Crippen LogP contribution in [0.4, 0.5) is 0 Å². The maximum atomic E-state index is 12.5. The smallest absolute Gasteiger partial charge is 0.185 e. The summed E-state index contributed by atoms with van der Waals surface area (Å²) in [6.07, 6.45) is 4.48. The molecule has 0 amide bonds. The Morgan fingerprint density at radius 3 is 3.00 bits per heavy atom. The van der Waals surface area contributed by atoms with Crippen molar-refractivity contribution < 1.29 is 9.53 Å². The van der Waals surface area contributed by atoms with Crippen molar-refractivity contribution in [3.05, 3.63) is 11.9 Å². The second kappa shape index (κ2) is 6.19. The summed E-state index contributed by atoms with van der Waals surface area (Å²) < 4.78 is 7.03. The summed E-state index contributed by atoms with van der Waals surface area (Å²) in [5, 5.41) is 7.60. The summed E-state index contributed by atoms with van der Waals surface area (Å²) >= 11 is 0. The van der Waals surface area contributed by atoms with E-state index in [0.29, 0.717) is 23.8 Å². The first-order valence-electron chi connectivity index (χ1n) is 6.99. The lowest BCUT2D eigenvalue weighted by Crippen LogP contribution is -2.31. The summed E-state index contributed by atoms with van der Waals surface area (Å²) in [7, 11) is 1.58. The third kappa shape index (κ3) is 3.15. The van der Waals surface area contributed by atoms with Crippen molar-refractivity contribution in [1.29, 1.82) is 0 Å². The molecule has 0 radical (unpaired) electrons. The minimum atomic E-state index is 0.136. The number of methoxy groups -OCH3 is 1. The number of hydrogen-bond acceptors (Lipinski definition) is 4. The highest BCUT2D eigenvalue weighted by Gasteiger charge is 2.24. The van der Waals surface area contributed by atoms with Crippen LogP contribution in [0.5, 0.6) is 5.75 Å². The lowest BCUT2D eigenvalue weighted by Gasteiger charge is -2.22. The van der Waals surface area contributed by atoms with E-state index in [9.17, 15) is 4.79 Å². The number of rotatable bonds is 5. The van der Waals surface area contributed by atoms with Crippen LogP contribution in [-0.2, 0) is 0 Å². The Bertz CT molecular complexity index is 434. The van der Waals surface area contributed by atoms with E-state index in [4.69, 9.17) is 4.74 Å². The molecule has 1 fully saturated rings. The van der Waals surface area contributed by atoms with Crippen molar-refractivity contribution in [2.24, 2.45) is 5.92 Å². The van der Waals surface area contributed by atoms with Gasteiger partial charge in [0.2, 0.25) is 0 Å². The van der Waals surface area contributed by atoms with Crippen LogP contribution in [0.1, 0.15) is 49.6 Å². The topological polar surface area (TPSA) is 56.2 Å². The zero-order chi connectivity index (χ0) is 13.8. The molecule has 0 spiro atoms. The fourth-order valence-corrected chi connectivity index (χ4v) is 2.61. The molecule has 0 aliphatic carbocycles. The zero-order valence-electron chi connectivity index (χ0n) is 12.0. The summed E-state index contributed by atoms with van der Waals surface area (Å²) in [4.78, 5) is 12.5. The lowest BCUT2D eigenvalue weighted by molar-refractivity contribution is 0.0938. The van der Waals surface area contributed by atoms with Gasteiger partial charge in [0.1, 0.15) is 5.69 Å². The van der Waals surface area contributed by atoms with Crippen molar-refractivity contribution in [3.63, 3.8) is 0 Å². The van der Waals surface area contributed by atoms with E-state index in [1.165, 1.54) is 0 Å². The van der Waals surface area contributed by atoms with Crippen LogP contribution in [0.25, 0.3) is 0 Å². The molecule has 1 saturated heterocycles. The molecule has 106 valence electrons. The largest absolute Gasteiger partial charge is 0.493 e. The summed E-state index contributed by atoms with van der Waals surface area (Å²) in [6.45, 7) is 6.04. The molecule has 0 saturated carbocycles. The van der Waals surface area contributed by atoms with Gasteiger partial charge in [0.15, 0.2) is 11.5 Å². The lowest BCUT2D eigenvalue weighted by atomic mass is 9.93. The number of nitrogens with zero attached hydrogens (tertiary/aromatic N) is 2. The number of carbonyl (C=O) groups is 1. The first kappa shape index (κ1) is 14.1. The van der Waals surface area contributed by atoms with Crippen LogP contribution < -0.4 is 10.1 Å². The molecule has 19 heavy (non-hydrogen) atoms. The van der Waals surface area contributed by atoms with Gasteiger partial charge in [0.25, 0.3) is 0 Å². The minimum Gasteiger partial charge on any atom is -0.493 e. The van der Waals surface area contributed by atoms with Gasteiger partial charge in [-0.2, -0.15) is 5.10 Å². The van der Waals surface area contributed by atoms with E-state index in [0.717, 1.165) is 25.9 Å². The van der Waals surface area contributed by atoms with Crippen LogP contribution >= 0.6 is 0 Å². The van der Waals surface area contributed by atoms with Crippen LogP contribution in [0.15, 0.2) is 6.20 Å². The molecule has 5 heteroatoms. The molecule has 2 rings (SSSR count). The van der Waals surface area contributed by atoms with E-state index in [1.807, 2.05) is 13.8 Å². The normalized spacial score (nSPS) is 19.7. The van der Waals surface area contributed by atoms with Crippen LogP contribution in [-0.4, -0.2) is 35.8 Å². The third-order valence-corrected chi connectivity index (χ3v) is 3.61. The predicted octanol–water partition coefficient (Wildman–Crippen LogP) is 2.04. The molecule has 1 unspecified atom stereocenters. The van der Waals surface area contributed by atoms with Crippen LogP contribution in [0.3, 0.4) is 0 Å². The fourth-order valence-electron chi connectivity index (χ4n) is 2.61. The molecule has 1 N–H and O–H groups in total. The molecule has 1 aromatic heterocycles. The second-order valence-corrected chi connectivity index (χ2v) is 5.44. The van der Waals surface area contributed by atoms with Crippen molar-refractivity contribution in [2.75, 3.05) is 20.2 Å². The summed E-state index contributed by atoms with van der Waals surface area (Å²) in [6, 6.07) is 0.160. The first-order chi connectivity index (χ1) is 9.13. The van der Waals surface area contributed by atoms with Crippen LogP contribution in [0, 0.1) is 5.92 Å². The fraction of sp³-hybridized carbons (Fsp3) is 0.714. The van der Waals surface area contributed by atoms with Gasteiger partial charge < -0.3 is 10.1 Å². The number of ketones is 1. The Kier molecular flexibility index (Phi) is 4.58. The number of aromatic nitrogens is 2. The van der Waals surface area contributed by atoms with Gasteiger partial charge in [0, 0.05) is 12.5 Å². The summed E-state index contributed by atoms with van der Waals surface area (Å²) in [5.41, 5.74) is 0.614. The molecule has 1 aliphatic rings. The SMILES string of the molecule is COc1cnn(C(C)C)c1C(=O)CC1CCCNC1. The Hall–Kier alpha value is -1.36. The monoisotopic (exact) mass is 265 g/mol. The zero-order valence-corrected chi connectivity index (χ0v) is 12.0. The molecular formula is C14H23N3O2. The molecule has 0 aromatic carbocycles. The molecule has 2 heterocycles. The van der Waals surface area contributed by atoms with E-state index in [-0.39, 0.29) is 11.8 Å². The Morgan fingerprint density at radius 2 is 2.42 bits per heavy atom. The van der Waals surface area contributed by atoms with E-state index < -0.39 is 0 Å². The van der Waals surface area contributed by atoms with Gasteiger partial charge in [-0.1, -0.05) is 0 Å². The van der Waals surface area contributed by atoms with Gasteiger partial charge >= 0.3 is 0 Å². The quantitative estimate of drug-likeness (QED) is 0.828. The molecule has 1 aliphatic heterocycles. The van der Waals surface area contributed by atoms with Gasteiger partial charge in [0.05, 0.1) is 13.3 Å². The number of nitrogens with one attached hydrogen (secondary N) is 1. The van der Waals surface area contributed by atoms with Crippen molar-refractivity contribution in [3.8, 4) is 5.75 Å². The van der Waals surface area contributed by atoms with E-state index >= 15 is 0 Å². The minimum absolute atomic E-state index is 0.136. The van der Waals surface area contributed by atoms with Crippen molar-refractivity contribution in [1.82, 2.24) is 15.1 Å². The summed E-state index contributed by atoms with van der Waals surface area (Å²) in [5.74, 6) is 1.15. The molecule has 5 nitrogen and oxygen atoms in total. The predicted molar refractivity (Wildman–Crippen MR) is 73.7 cm³/mol. The third-order valence-electron chi connectivity index (χ3n) is 3.61. The van der Waals surface area contributed by atoms with Crippen molar-refractivity contribution >= 4 is 5.78 Å². The average molecular weight is 265 g/mol. The molecule has 1 atom stereocenters. The van der Waals surface area contributed by atoms with Gasteiger partial charge in [-0.25, -0.2) is 0 Å². The number of ether oxygens (including phenoxy) is 1. The van der Waals surface area contributed by atoms with Gasteiger partial charge in [-0.15, -0.1) is 0 Å². The maximum absolute atomic E-state index is 12.5.